The van der Waals surface area contributed by atoms with Gasteiger partial charge in [-0.05, 0) is 27.7 Å². The van der Waals surface area contributed by atoms with Crippen LogP contribution in [0, 0.1) is 0 Å². The molecular weight excluding hydrogens is 280 g/mol. The fraction of sp³-hybridized carbons (Fsp3) is 0.400. The van der Waals surface area contributed by atoms with Gasteiger partial charge in [-0.15, -0.1) is 17.0 Å². The fourth-order valence-corrected chi connectivity index (χ4v) is 2.34. The van der Waals surface area contributed by atoms with E-state index in [1.807, 2.05) is 0 Å². The van der Waals surface area contributed by atoms with E-state index < -0.39 is 0 Å². The lowest BCUT2D eigenvalue weighted by atomic mass is 10.6. The standard InChI is InChI=1S/C5H5BrN2S.BrH/c6-4-3-8-2-1-7-5(8)9-4;/h3H,1-2H2;1H. The Labute approximate surface area is 82.7 Å². The number of hydrogen-bond donors (Lipinski definition) is 0. The first-order chi connectivity index (χ1) is 4.36. The Kier molecular flexibility index (Phi) is 2.82. The van der Waals surface area contributed by atoms with Crippen LogP contribution in [0.2, 0.25) is 0 Å². The maximum Gasteiger partial charge on any atom is 0.168 e. The summed E-state index contributed by atoms with van der Waals surface area (Å²) in [5.74, 6) is 0. The molecule has 0 aromatic heterocycles. The van der Waals surface area contributed by atoms with E-state index in [4.69, 9.17) is 0 Å². The molecule has 5 heteroatoms. The van der Waals surface area contributed by atoms with Crippen molar-refractivity contribution < 1.29 is 0 Å². The van der Waals surface area contributed by atoms with Crippen molar-refractivity contribution in [1.82, 2.24) is 4.90 Å². The van der Waals surface area contributed by atoms with Gasteiger partial charge in [0.15, 0.2) is 5.17 Å². The molecule has 10 heavy (non-hydrogen) atoms. The van der Waals surface area contributed by atoms with Crippen molar-refractivity contribution in [3.05, 3.63) is 10.0 Å². The third kappa shape index (κ3) is 1.40. The van der Waals surface area contributed by atoms with Crippen LogP contribution >= 0.6 is 44.7 Å². The van der Waals surface area contributed by atoms with Gasteiger partial charge < -0.3 is 4.90 Å². The molecule has 0 saturated heterocycles. The quantitative estimate of drug-likeness (QED) is 0.678. The Morgan fingerprint density at radius 2 is 2.50 bits per heavy atom. The molecule has 0 aromatic carbocycles. The van der Waals surface area contributed by atoms with Crippen LogP contribution in [0.1, 0.15) is 0 Å². The Balaban J connectivity index is 0.000000500. The highest BCUT2D eigenvalue weighted by Crippen LogP contribution is 2.34. The van der Waals surface area contributed by atoms with Gasteiger partial charge in [0.05, 0.1) is 10.4 Å². The van der Waals surface area contributed by atoms with E-state index in [0.29, 0.717) is 0 Å². The SMILES string of the molecule is Br.BrC1=CN2CCN=C2S1. The van der Waals surface area contributed by atoms with Crippen LogP contribution < -0.4 is 0 Å². The van der Waals surface area contributed by atoms with Crippen molar-refractivity contribution in [2.75, 3.05) is 13.1 Å². The molecule has 0 bridgehead atoms. The lowest BCUT2D eigenvalue weighted by Gasteiger charge is -2.04. The van der Waals surface area contributed by atoms with E-state index in [1.165, 1.54) is 3.81 Å². The van der Waals surface area contributed by atoms with Crippen molar-refractivity contribution in [2.45, 2.75) is 0 Å². The van der Waals surface area contributed by atoms with Gasteiger partial charge in [0.1, 0.15) is 0 Å². The Hall–Kier alpha value is 0.520. The first-order valence-corrected chi connectivity index (χ1v) is 4.33. The molecule has 0 aromatic rings. The van der Waals surface area contributed by atoms with Crippen LogP contribution in [-0.2, 0) is 0 Å². The maximum atomic E-state index is 4.27. The highest BCUT2D eigenvalue weighted by atomic mass is 79.9. The summed E-state index contributed by atoms with van der Waals surface area (Å²) in [5.41, 5.74) is 0. The highest BCUT2D eigenvalue weighted by molar-refractivity contribution is 9.14. The summed E-state index contributed by atoms with van der Waals surface area (Å²) in [6.45, 7) is 2.01. The van der Waals surface area contributed by atoms with Crippen molar-refractivity contribution >= 4 is 49.8 Å². The summed E-state index contributed by atoms with van der Waals surface area (Å²) in [6.07, 6.45) is 2.08. The van der Waals surface area contributed by atoms with Gasteiger partial charge in [-0.25, -0.2) is 0 Å². The van der Waals surface area contributed by atoms with Gasteiger partial charge in [-0.2, -0.15) is 0 Å². The van der Waals surface area contributed by atoms with E-state index in [0.717, 1.165) is 18.3 Å². The molecule has 0 amide bonds. The zero-order valence-corrected chi connectivity index (χ0v) is 9.20. The largest absolute Gasteiger partial charge is 0.324 e. The molecule has 0 unspecified atom stereocenters. The van der Waals surface area contributed by atoms with Crippen molar-refractivity contribution in [3.63, 3.8) is 0 Å². The molecule has 2 rings (SSSR count). The molecule has 0 aliphatic carbocycles. The summed E-state index contributed by atoms with van der Waals surface area (Å²) in [7, 11) is 0. The predicted molar refractivity (Wildman–Crippen MR) is 53.9 cm³/mol. The minimum atomic E-state index is 0. The molecule has 2 aliphatic rings. The number of aliphatic imine (C=N–C) groups is 1. The molecule has 2 aliphatic heterocycles. The Morgan fingerprint density at radius 3 is 3.20 bits per heavy atom. The first kappa shape index (κ1) is 8.62. The van der Waals surface area contributed by atoms with Crippen LogP contribution in [0.15, 0.2) is 15.0 Å². The second-order valence-corrected chi connectivity index (χ2v) is 4.28. The molecular formula is C5H6Br2N2S. The van der Waals surface area contributed by atoms with Crippen LogP contribution in [0.4, 0.5) is 0 Å². The number of nitrogens with zero attached hydrogens (tertiary/aromatic N) is 2. The maximum absolute atomic E-state index is 4.27. The van der Waals surface area contributed by atoms with Gasteiger partial charge in [-0.3, -0.25) is 4.99 Å². The molecule has 56 valence electrons. The van der Waals surface area contributed by atoms with E-state index >= 15 is 0 Å². The van der Waals surface area contributed by atoms with Crippen LogP contribution in [0.5, 0.6) is 0 Å². The van der Waals surface area contributed by atoms with Gasteiger partial charge in [0.2, 0.25) is 0 Å². The van der Waals surface area contributed by atoms with E-state index in [1.54, 1.807) is 11.8 Å². The van der Waals surface area contributed by atoms with Crippen molar-refractivity contribution in [3.8, 4) is 0 Å². The highest BCUT2D eigenvalue weighted by Gasteiger charge is 2.22. The molecule has 0 N–H and O–H groups in total. The second kappa shape index (κ2) is 3.28. The number of rotatable bonds is 0. The Bertz CT molecular complexity index is 202. The lowest BCUT2D eigenvalue weighted by molar-refractivity contribution is 0.624. The van der Waals surface area contributed by atoms with Gasteiger partial charge in [-0.1, -0.05) is 0 Å². The molecule has 0 radical (unpaired) electrons. The lowest BCUT2D eigenvalue weighted by Crippen LogP contribution is -2.14. The molecule has 0 atom stereocenters. The Morgan fingerprint density at radius 1 is 1.70 bits per heavy atom. The summed E-state index contributed by atoms with van der Waals surface area (Å²) in [4.78, 5) is 6.43. The number of thioether (sulfide) groups is 1. The van der Waals surface area contributed by atoms with Gasteiger partial charge in [0.25, 0.3) is 0 Å². The van der Waals surface area contributed by atoms with E-state index in [-0.39, 0.29) is 17.0 Å². The van der Waals surface area contributed by atoms with Crippen molar-refractivity contribution in [2.24, 2.45) is 4.99 Å². The van der Waals surface area contributed by atoms with Crippen LogP contribution in [-0.4, -0.2) is 23.2 Å². The summed E-state index contributed by atoms with van der Waals surface area (Å²) >= 11 is 5.09. The molecule has 0 saturated carbocycles. The summed E-state index contributed by atoms with van der Waals surface area (Å²) in [6, 6.07) is 0. The number of halogens is 2. The monoisotopic (exact) mass is 284 g/mol. The van der Waals surface area contributed by atoms with E-state index in [9.17, 15) is 0 Å². The zero-order valence-electron chi connectivity index (χ0n) is 5.08. The molecule has 2 nitrogen and oxygen atoms in total. The summed E-state index contributed by atoms with van der Waals surface area (Å²) in [5, 5.41) is 1.14. The fourth-order valence-electron chi connectivity index (χ4n) is 0.887. The first-order valence-electron chi connectivity index (χ1n) is 2.72. The van der Waals surface area contributed by atoms with Crippen molar-refractivity contribution in [1.29, 1.82) is 0 Å². The third-order valence-electron chi connectivity index (χ3n) is 1.28. The topological polar surface area (TPSA) is 15.6 Å². The summed E-state index contributed by atoms with van der Waals surface area (Å²) < 4.78 is 1.17. The number of hydrogen-bond acceptors (Lipinski definition) is 3. The minimum absolute atomic E-state index is 0. The van der Waals surface area contributed by atoms with Crippen LogP contribution in [0.25, 0.3) is 0 Å². The molecule has 2 heterocycles. The third-order valence-corrected chi connectivity index (χ3v) is 2.82. The average molecular weight is 286 g/mol. The number of fused-ring (bicyclic) bond motifs is 1. The minimum Gasteiger partial charge on any atom is -0.324 e. The van der Waals surface area contributed by atoms with Crippen LogP contribution in [0.3, 0.4) is 0 Å². The zero-order chi connectivity index (χ0) is 6.27. The number of amidine groups is 1. The average Bonchev–Trinajstić information content (AvgIpc) is 2.22. The molecule has 0 fully saturated rings. The predicted octanol–water partition coefficient (Wildman–Crippen LogP) is 2.18. The van der Waals surface area contributed by atoms with E-state index in [2.05, 4.69) is 32.0 Å². The van der Waals surface area contributed by atoms with Gasteiger partial charge >= 0.3 is 0 Å². The normalized spacial score (nSPS) is 21.5. The molecule has 0 spiro atoms. The van der Waals surface area contributed by atoms with Gasteiger partial charge in [0, 0.05) is 12.7 Å². The second-order valence-electron chi connectivity index (χ2n) is 1.89. The smallest absolute Gasteiger partial charge is 0.168 e.